The minimum Gasteiger partial charge on any atom is -0.369 e. The number of rotatable bonds is 16. The molecule has 4 amide bonds. The molecule has 0 spiro atoms. The molecule has 0 fully saturated rings. The van der Waals surface area contributed by atoms with Crippen molar-refractivity contribution in [1.82, 2.24) is 30.8 Å². The quantitative estimate of drug-likeness (QED) is 0.131. The van der Waals surface area contributed by atoms with Gasteiger partial charge in [0.15, 0.2) is 0 Å². The first kappa shape index (κ1) is 30.7. The third kappa shape index (κ3) is 11.6. The molecule has 0 saturated heterocycles. The highest BCUT2D eigenvalue weighted by Gasteiger charge is 2.15. The maximum Gasteiger partial charge on any atom is 0.256 e. The number of aromatic nitrogens is 2. The molecule has 0 unspecified atom stereocenters. The van der Waals surface area contributed by atoms with Gasteiger partial charge in [0.25, 0.3) is 5.91 Å². The number of carbonyl (C=O) groups excluding carboxylic acids is 4. The number of anilines is 3. The maximum absolute atomic E-state index is 12.8. The lowest BCUT2D eigenvalue weighted by molar-refractivity contribution is -0.123. The van der Waals surface area contributed by atoms with Crippen LogP contribution in [-0.4, -0.2) is 85.3 Å². The van der Waals surface area contributed by atoms with Gasteiger partial charge in [-0.1, -0.05) is 13.0 Å². The van der Waals surface area contributed by atoms with Crippen LogP contribution in [-0.2, 0) is 9.59 Å². The van der Waals surface area contributed by atoms with Gasteiger partial charge in [0.2, 0.25) is 23.7 Å². The number of carbonyl (C=O) groups is 4. The van der Waals surface area contributed by atoms with Crippen molar-refractivity contribution in [2.45, 2.75) is 19.8 Å². The molecule has 0 radical (unpaired) electrons. The summed E-state index contributed by atoms with van der Waals surface area (Å²) in [4.78, 5) is 58.2. The summed E-state index contributed by atoms with van der Waals surface area (Å²) in [6, 6.07) is 6.54. The molecular weight excluding hydrogens is 502 g/mol. The lowest BCUT2D eigenvalue weighted by atomic mass is 10.2. The smallest absolute Gasteiger partial charge is 0.256 e. The Morgan fingerprint density at radius 2 is 1.72 bits per heavy atom. The number of hydrogen-bond donors (Lipinski definition) is 6. The predicted octanol–water partition coefficient (Wildman–Crippen LogP) is 0.611. The fourth-order valence-electron chi connectivity index (χ4n) is 3.11. The molecule has 0 aliphatic carbocycles. The molecule has 0 atom stereocenters. The van der Waals surface area contributed by atoms with Crippen LogP contribution in [0.1, 0.15) is 40.5 Å². The first-order valence-electron chi connectivity index (χ1n) is 12.6. The molecule has 2 rings (SSSR count). The predicted molar refractivity (Wildman–Crippen MR) is 150 cm³/mol. The maximum atomic E-state index is 12.8. The molecule has 1 heterocycles. The Morgan fingerprint density at radius 3 is 2.38 bits per heavy atom. The first-order chi connectivity index (χ1) is 18.7. The van der Waals surface area contributed by atoms with Crippen molar-refractivity contribution >= 4 is 41.1 Å². The molecule has 7 N–H and O–H groups in total. The summed E-state index contributed by atoms with van der Waals surface area (Å²) in [6.45, 7) is 3.76. The zero-order valence-electron chi connectivity index (χ0n) is 22.5. The molecule has 1 aromatic carbocycles. The first-order valence-corrected chi connectivity index (χ1v) is 12.6. The summed E-state index contributed by atoms with van der Waals surface area (Å²) >= 11 is 0. The van der Waals surface area contributed by atoms with Gasteiger partial charge in [-0.05, 0) is 51.2 Å². The van der Waals surface area contributed by atoms with Crippen LogP contribution in [0.2, 0.25) is 0 Å². The molecule has 39 heavy (non-hydrogen) atoms. The van der Waals surface area contributed by atoms with E-state index in [1.54, 1.807) is 30.3 Å². The number of nitrogens with two attached hydrogens (primary N) is 1. The Hall–Kier alpha value is -4.52. The third-order valence-electron chi connectivity index (χ3n) is 5.13. The minimum absolute atomic E-state index is 0.128. The molecule has 210 valence electrons. The van der Waals surface area contributed by atoms with Crippen LogP contribution in [0.5, 0.6) is 0 Å². The van der Waals surface area contributed by atoms with Crippen molar-refractivity contribution in [1.29, 1.82) is 0 Å². The lowest BCUT2D eigenvalue weighted by Crippen LogP contribution is -2.37. The SMILES string of the molecule is CCCNc1nc(Nc2ccc(C(N)=O)cc2)ncc1C(=O)NCCCNC(=O)CNC(=O)/C=C/CN(C)C. The summed E-state index contributed by atoms with van der Waals surface area (Å²) in [5.41, 5.74) is 6.59. The van der Waals surface area contributed by atoms with E-state index in [1.165, 1.54) is 12.3 Å². The van der Waals surface area contributed by atoms with Crippen LogP contribution in [0.4, 0.5) is 17.5 Å². The monoisotopic (exact) mass is 539 g/mol. The Morgan fingerprint density at radius 1 is 1.00 bits per heavy atom. The zero-order valence-corrected chi connectivity index (χ0v) is 22.5. The van der Waals surface area contributed by atoms with Crippen molar-refractivity contribution in [2.24, 2.45) is 5.73 Å². The largest absolute Gasteiger partial charge is 0.369 e. The van der Waals surface area contributed by atoms with E-state index >= 15 is 0 Å². The number of nitrogens with zero attached hydrogens (tertiary/aromatic N) is 3. The van der Waals surface area contributed by atoms with Crippen LogP contribution in [0.3, 0.4) is 0 Å². The van der Waals surface area contributed by atoms with E-state index < -0.39 is 5.91 Å². The second kappa shape index (κ2) is 16.3. The minimum atomic E-state index is -0.519. The van der Waals surface area contributed by atoms with E-state index in [0.29, 0.717) is 49.7 Å². The highest BCUT2D eigenvalue weighted by Crippen LogP contribution is 2.18. The average Bonchev–Trinajstić information content (AvgIpc) is 2.90. The summed E-state index contributed by atoms with van der Waals surface area (Å²) in [5.74, 6) is -0.869. The van der Waals surface area contributed by atoms with Gasteiger partial charge < -0.3 is 37.2 Å². The molecule has 0 aliphatic heterocycles. The topological polar surface area (TPSA) is 183 Å². The molecular formula is C26H37N9O4. The fourth-order valence-corrected chi connectivity index (χ4v) is 3.11. The van der Waals surface area contributed by atoms with E-state index in [-0.39, 0.29) is 35.8 Å². The van der Waals surface area contributed by atoms with Gasteiger partial charge in [-0.2, -0.15) is 4.98 Å². The van der Waals surface area contributed by atoms with Crippen molar-refractivity contribution in [3.8, 4) is 0 Å². The molecule has 13 nitrogen and oxygen atoms in total. The van der Waals surface area contributed by atoms with Gasteiger partial charge in [-0.3, -0.25) is 19.2 Å². The molecule has 1 aromatic heterocycles. The number of hydrogen-bond acceptors (Lipinski definition) is 9. The Bertz CT molecular complexity index is 1150. The van der Waals surface area contributed by atoms with Gasteiger partial charge in [0.05, 0.1) is 6.54 Å². The number of primary amides is 1. The Balaban J connectivity index is 1.82. The van der Waals surface area contributed by atoms with E-state index in [0.717, 1.165) is 6.42 Å². The molecule has 0 saturated carbocycles. The van der Waals surface area contributed by atoms with Crippen LogP contribution in [0.25, 0.3) is 0 Å². The number of likely N-dealkylation sites (N-methyl/N-ethyl adjacent to an activating group) is 1. The van der Waals surface area contributed by atoms with E-state index in [2.05, 4.69) is 36.6 Å². The zero-order chi connectivity index (χ0) is 28.6. The Kier molecular flexibility index (Phi) is 12.9. The summed E-state index contributed by atoms with van der Waals surface area (Å²) in [6.07, 6.45) is 5.85. The molecule has 0 bridgehead atoms. The van der Waals surface area contributed by atoms with Crippen molar-refractivity contribution in [3.05, 3.63) is 53.7 Å². The normalized spacial score (nSPS) is 10.8. The van der Waals surface area contributed by atoms with Crippen LogP contribution < -0.4 is 32.3 Å². The van der Waals surface area contributed by atoms with Crippen molar-refractivity contribution in [3.63, 3.8) is 0 Å². The van der Waals surface area contributed by atoms with Crippen LogP contribution in [0.15, 0.2) is 42.6 Å². The standard InChI is InChI=1S/C26H37N9O4/c1-4-12-29-24-20(16-32-26(34-24)33-19-10-8-18(9-11-19)23(27)38)25(39)30-14-6-13-28-22(37)17-31-21(36)7-5-15-35(2)3/h5,7-11,16H,4,6,12-15,17H2,1-3H3,(H2,27,38)(H,28,37)(H,30,39)(H,31,36)(H2,29,32,33,34)/b7-5+. The van der Waals surface area contributed by atoms with E-state index in [4.69, 9.17) is 5.73 Å². The summed E-state index contributed by atoms with van der Waals surface area (Å²) in [5, 5.41) is 14.2. The number of nitrogens with one attached hydrogen (secondary N) is 5. The molecule has 13 heteroatoms. The second-order valence-electron chi connectivity index (χ2n) is 8.79. The molecule has 0 aliphatic rings. The number of benzene rings is 1. The van der Waals surface area contributed by atoms with Crippen molar-refractivity contribution < 1.29 is 19.2 Å². The van der Waals surface area contributed by atoms with Gasteiger partial charge in [-0.25, -0.2) is 4.98 Å². The average molecular weight is 540 g/mol. The van der Waals surface area contributed by atoms with Gasteiger partial charge in [0, 0.05) is 49.7 Å². The third-order valence-corrected chi connectivity index (χ3v) is 5.13. The molecule has 2 aromatic rings. The number of amides is 4. The van der Waals surface area contributed by atoms with E-state index in [9.17, 15) is 19.2 Å². The van der Waals surface area contributed by atoms with E-state index in [1.807, 2.05) is 25.9 Å². The van der Waals surface area contributed by atoms with Gasteiger partial charge in [0.1, 0.15) is 11.4 Å². The Labute approximate surface area is 228 Å². The summed E-state index contributed by atoms with van der Waals surface area (Å²) < 4.78 is 0. The highest BCUT2D eigenvalue weighted by molar-refractivity contribution is 5.98. The van der Waals surface area contributed by atoms with Gasteiger partial charge >= 0.3 is 0 Å². The fraction of sp³-hybridized carbons (Fsp3) is 0.385. The van der Waals surface area contributed by atoms with Crippen LogP contribution >= 0.6 is 0 Å². The highest BCUT2D eigenvalue weighted by atomic mass is 16.2. The van der Waals surface area contributed by atoms with Gasteiger partial charge in [-0.15, -0.1) is 0 Å². The lowest BCUT2D eigenvalue weighted by Gasteiger charge is -2.13. The van der Waals surface area contributed by atoms with Crippen LogP contribution in [0, 0.1) is 0 Å². The summed E-state index contributed by atoms with van der Waals surface area (Å²) in [7, 11) is 3.78. The van der Waals surface area contributed by atoms with Crippen molar-refractivity contribution in [2.75, 3.05) is 57.5 Å². The second-order valence-corrected chi connectivity index (χ2v) is 8.79.